The summed E-state index contributed by atoms with van der Waals surface area (Å²) in [4.78, 5) is 21.4. The molecule has 2 unspecified atom stereocenters. The van der Waals surface area contributed by atoms with Crippen molar-refractivity contribution in [3.8, 4) is 11.5 Å². The first kappa shape index (κ1) is 24.8. The highest BCUT2D eigenvalue weighted by atomic mass is 19.3. The predicted molar refractivity (Wildman–Crippen MR) is 108 cm³/mol. The molecular formula is C21H30F2N2O6. The van der Waals surface area contributed by atoms with Crippen LogP contribution in [0.5, 0.6) is 11.5 Å². The Kier molecular flexibility index (Phi) is 8.58. The van der Waals surface area contributed by atoms with Crippen molar-refractivity contribution in [2.45, 2.75) is 50.6 Å². The Labute approximate surface area is 180 Å². The first-order valence-electron chi connectivity index (χ1n) is 10.0. The third-order valence-corrected chi connectivity index (χ3v) is 6.22. The van der Waals surface area contributed by atoms with E-state index >= 15 is 0 Å². The van der Waals surface area contributed by atoms with Crippen LogP contribution < -0.4 is 9.47 Å². The van der Waals surface area contributed by atoms with Crippen LogP contribution in [0.3, 0.4) is 0 Å². The molecule has 4 rings (SSSR count). The molecule has 1 aliphatic heterocycles. The maximum absolute atomic E-state index is 13.1. The summed E-state index contributed by atoms with van der Waals surface area (Å²) in [6, 6.07) is 6.40. The Balaban J connectivity index is 0.000000513. The van der Waals surface area contributed by atoms with Gasteiger partial charge >= 0.3 is 6.29 Å². The molecule has 1 heterocycles. The van der Waals surface area contributed by atoms with Crippen molar-refractivity contribution in [2.24, 2.45) is 11.8 Å². The number of carbonyl (C=O) groups is 2. The largest absolute Gasteiger partial charge is 0.586 e. The van der Waals surface area contributed by atoms with Gasteiger partial charge in [0, 0.05) is 18.6 Å². The molecule has 0 aromatic heterocycles. The van der Waals surface area contributed by atoms with Crippen LogP contribution in [0, 0.1) is 11.8 Å². The molecule has 2 N–H and O–H groups in total. The van der Waals surface area contributed by atoms with Gasteiger partial charge in [-0.1, -0.05) is 6.07 Å². The van der Waals surface area contributed by atoms with Gasteiger partial charge in [0.1, 0.15) is 0 Å². The van der Waals surface area contributed by atoms with Crippen molar-refractivity contribution in [3.63, 3.8) is 0 Å². The second kappa shape index (κ2) is 10.7. The van der Waals surface area contributed by atoms with Crippen LogP contribution in [-0.4, -0.2) is 72.5 Å². The van der Waals surface area contributed by atoms with E-state index in [1.807, 2.05) is 6.07 Å². The van der Waals surface area contributed by atoms with Crippen LogP contribution in [-0.2, 0) is 16.1 Å². The zero-order valence-electron chi connectivity index (χ0n) is 17.9. The number of halogens is 2. The van der Waals surface area contributed by atoms with Gasteiger partial charge in [-0.3, -0.25) is 14.5 Å². The Morgan fingerprint density at radius 1 is 0.968 bits per heavy atom. The molecule has 0 radical (unpaired) electrons. The Morgan fingerprint density at radius 3 is 1.97 bits per heavy atom. The SMILES string of the molecule is CN(C)C1C[C@@H]2CC(N(C)Cc3ccc4c(c3)OC(F)(F)O4)C[C@@H]2C1.O=CO.O=CO. The maximum atomic E-state index is 13.1. The number of rotatable bonds is 4. The average molecular weight is 444 g/mol. The standard InChI is InChI=1S/C19H26F2N2O2.2CH2O2/c1-22(2)15-7-13-9-16(10-14(13)8-15)23(3)11-12-4-5-17-18(6-12)25-19(20,21)24-17;2*2-1-3/h4-6,13-16H,7-11H2,1-3H3;2*1H,(H,2,3)/t13-,14+,15?,16?;;. The van der Waals surface area contributed by atoms with Gasteiger partial charge < -0.3 is 24.6 Å². The molecule has 3 aliphatic rings. The number of nitrogens with zero attached hydrogens (tertiary/aromatic N) is 2. The van der Waals surface area contributed by atoms with Gasteiger partial charge in [0.15, 0.2) is 11.5 Å². The van der Waals surface area contributed by atoms with Gasteiger partial charge in [0.2, 0.25) is 0 Å². The number of fused-ring (bicyclic) bond motifs is 2. The molecule has 1 aromatic carbocycles. The van der Waals surface area contributed by atoms with Crippen molar-refractivity contribution in [3.05, 3.63) is 23.8 Å². The van der Waals surface area contributed by atoms with Gasteiger partial charge in [-0.05, 0) is 76.4 Å². The van der Waals surface area contributed by atoms with Gasteiger partial charge in [0.05, 0.1) is 0 Å². The lowest BCUT2D eigenvalue weighted by atomic mass is 10.0. The summed E-state index contributed by atoms with van der Waals surface area (Å²) < 4.78 is 35.3. The summed E-state index contributed by atoms with van der Waals surface area (Å²) >= 11 is 0. The van der Waals surface area contributed by atoms with E-state index in [0.717, 1.165) is 30.0 Å². The molecule has 31 heavy (non-hydrogen) atoms. The summed E-state index contributed by atoms with van der Waals surface area (Å²) in [6.07, 6.45) is 1.56. The lowest BCUT2D eigenvalue weighted by Crippen LogP contribution is -2.31. The molecule has 10 heteroatoms. The van der Waals surface area contributed by atoms with Crippen LogP contribution in [0.1, 0.15) is 31.2 Å². The molecule has 2 saturated carbocycles. The summed E-state index contributed by atoms with van der Waals surface area (Å²) in [5, 5.41) is 13.8. The Bertz CT molecular complexity index is 729. The molecule has 0 saturated heterocycles. The van der Waals surface area contributed by atoms with Crippen molar-refractivity contribution in [1.82, 2.24) is 9.80 Å². The van der Waals surface area contributed by atoms with Gasteiger partial charge in [-0.15, -0.1) is 8.78 Å². The monoisotopic (exact) mass is 444 g/mol. The summed E-state index contributed by atoms with van der Waals surface area (Å²) in [7, 11) is 6.49. The third kappa shape index (κ3) is 6.51. The van der Waals surface area contributed by atoms with E-state index in [2.05, 4.69) is 40.4 Å². The molecule has 8 nitrogen and oxygen atoms in total. The number of hydrogen-bond donors (Lipinski definition) is 2. The highest BCUT2D eigenvalue weighted by Gasteiger charge is 2.44. The van der Waals surface area contributed by atoms with Gasteiger partial charge in [0.25, 0.3) is 12.9 Å². The Hall–Kier alpha value is -2.46. The summed E-state index contributed by atoms with van der Waals surface area (Å²) in [5.74, 6) is 1.90. The van der Waals surface area contributed by atoms with E-state index in [0.29, 0.717) is 6.04 Å². The molecule has 0 amide bonds. The number of hydrogen-bond acceptors (Lipinski definition) is 6. The van der Waals surface area contributed by atoms with Crippen LogP contribution in [0.4, 0.5) is 8.78 Å². The third-order valence-electron chi connectivity index (χ3n) is 6.22. The minimum atomic E-state index is -3.54. The number of ether oxygens (including phenoxy) is 2. The fraction of sp³-hybridized carbons (Fsp3) is 0.619. The highest BCUT2D eigenvalue weighted by molar-refractivity contribution is 5.45. The van der Waals surface area contributed by atoms with Crippen LogP contribution in [0.25, 0.3) is 0 Å². The Morgan fingerprint density at radius 2 is 1.45 bits per heavy atom. The summed E-state index contributed by atoms with van der Waals surface area (Å²) in [5.41, 5.74) is 0.978. The minimum absolute atomic E-state index is 0.113. The second-order valence-corrected chi connectivity index (χ2v) is 8.31. The van der Waals surface area contributed by atoms with Crippen LogP contribution in [0.2, 0.25) is 0 Å². The molecule has 4 atom stereocenters. The zero-order valence-corrected chi connectivity index (χ0v) is 17.9. The van der Waals surface area contributed by atoms with Gasteiger partial charge in [-0.25, -0.2) is 0 Å². The first-order valence-corrected chi connectivity index (χ1v) is 10.0. The molecule has 174 valence electrons. The molecule has 0 spiro atoms. The molecule has 2 aliphatic carbocycles. The van der Waals surface area contributed by atoms with Gasteiger partial charge in [-0.2, -0.15) is 0 Å². The van der Waals surface area contributed by atoms with Crippen LogP contribution >= 0.6 is 0 Å². The number of alkyl halides is 2. The fourth-order valence-corrected chi connectivity index (χ4v) is 4.84. The maximum Gasteiger partial charge on any atom is 0.586 e. The summed E-state index contributed by atoms with van der Waals surface area (Å²) in [6.45, 7) is 0.240. The van der Waals surface area contributed by atoms with E-state index in [1.165, 1.54) is 25.7 Å². The van der Waals surface area contributed by atoms with Crippen molar-refractivity contribution in [2.75, 3.05) is 21.1 Å². The molecule has 1 aromatic rings. The van der Waals surface area contributed by atoms with E-state index in [1.54, 1.807) is 12.1 Å². The number of carboxylic acid groups (broad SMARTS) is 2. The normalized spacial score (nSPS) is 27.1. The minimum Gasteiger partial charge on any atom is -0.483 e. The van der Waals surface area contributed by atoms with E-state index in [9.17, 15) is 8.78 Å². The lowest BCUT2D eigenvalue weighted by molar-refractivity contribution is -0.286. The highest BCUT2D eigenvalue weighted by Crippen LogP contribution is 2.47. The predicted octanol–water partition coefficient (Wildman–Crippen LogP) is 2.96. The molecule has 0 bridgehead atoms. The van der Waals surface area contributed by atoms with Crippen molar-refractivity contribution in [1.29, 1.82) is 0 Å². The van der Waals surface area contributed by atoms with Crippen LogP contribution in [0.15, 0.2) is 18.2 Å². The number of benzene rings is 1. The first-order chi connectivity index (χ1) is 14.6. The fourth-order valence-electron chi connectivity index (χ4n) is 4.84. The molecular weight excluding hydrogens is 414 g/mol. The van der Waals surface area contributed by atoms with E-state index in [-0.39, 0.29) is 24.4 Å². The zero-order chi connectivity index (χ0) is 23.2. The van der Waals surface area contributed by atoms with Crippen molar-refractivity contribution >= 4 is 12.9 Å². The second-order valence-electron chi connectivity index (χ2n) is 8.31. The topological polar surface area (TPSA) is 99.5 Å². The van der Waals surface area contributed by atoms with E-state index < -0.39 is 6.29 Å². The quantitative estimate of drug-likeness (QED) is 0.684. The smallest absolute Gasteiger partial charge is 0.483 e. The average Bonchev–Trinajstić information content (AvgIpc) is 3.32. The van der Waals surface area contributed by atoms with Crippen molar-refractivity contribution < 1.29 is 38.1 Å². The molecule has 2 fully saturated rings. The van der Waals surface area contributed by atoms with E-state index in [4.69, 9.17) is 19.8 Å². The lowest BCUT2D eigenvalue weighted by Gasteiger charge is -2.27.